The smallest absolute Gasteiger partial charge is 0.143 e. The highest BCUT2D eigenvalue weighted by molar-refractivity contribution is 4.75. The lowest BCUT2D eigenvalue weighted by atomic mass is 10.2. The molecule has 0 aromatic heterocycles. The first kappa shape index (κ1) is 7.98. The Morgan fingerprint density at radius 2 is 2.40 bits per heavy atom. The predicted octanol–water partition coefficient (Wildman–Crippen LogP) is 0.0566. The first-order valence-corrected chi connectivity index (χ1v) is 3.84. The number of piperazine rings is 1. The van der Waals surface area contributed by atoms with E-state index >= 15 is 0 Å². The molecule has 0 aromatic carbocycles. The van der Waals surface area contributed by atoms with E-state index in [0.717, 1.165) is 19.6 Å². The fraction of sp³-hybridized carbons (Fsp3) is 1.00. The fourth-order valence-corrected chi connectivity index (χ4v) is 1.40. The van der Waals surface area contributed by atoms with Crippen LogP contribution in [0, 0.1) is 0 Å². The lowest BCUT2D eigenvalue weighted by Gasteiger charge is -2.34. The van der Waals surface area contributed by atoms with E-state index in [1.807, 2.05) is 4.90 Å². The van der Waals surface area contributed by atoms with Crippen molar-refractivity contribution in [3.63, 3.8) is 0 Å². The fourth-order valence-electron chi connectivity index (χ4n) is 1.40. The minimum absolute atomic E-state index is 0.404. The molecule has 1 radical (unpaired) electrons. The molecule has 0 aliphatic carbocycles. The van der Waals surface area contributed by atoms with Gasteiger partial charge in [-0.1, -0.05) is 0 Å². The molecule has 0 bridgehead atoms. The Labute approximate surface area is 62.0 Å². The quantitative estimate of drug-likeness (QED) is 0.563. The van der Waals surface area contributed by atoms with E-state index in [4.69, 9.17) is 0 Å². The maximum atomic E-state index is 11.0. The van der Waals surface area contributed by atoms with Crippen LogP contribution in [0.25, 0.3) is 0 Å². The van der Waals surface area contributed by atoms with Crippen molar-refractivity contribution in [1.29, 1.82) is 0 Å². The average molecular weight is 143 g/mol. The van der Waals surface area contributed by atoms with Crippen molar-refractivity contribution in [3.8, 4) is 0 Å². The third kappa shape index (κ3) is 1.68. The van der Waals surface area contributed by atoms with Crippen LogP contribution in [-0.4, -0.2) is 36.8 Å². The summed E-state index contributed by atoms with van der Waals surface area (Å²) in [6.45, 7) is 6.59. The molecule has 10 heavy (non-hydrogen) atoms. The SMILES string of the molecule is CC([O])N1CCNCC1C. The van der Waals surface area contributed by atoms with Crippen LogP contribution >= 0.6 is 0 Å². The molecule has 2 atom stereocenters. The average Bonchev–Trinajstić information content (AvgIpc) is 1.88. The summed E-state index contributed by atoms with van der Waals surface area (Å²) in [5.41, 5.74) is 0. The van der Waals surface area contributed by atoms with E-state index in [-0.39, 0.29) is 0 Å². The number of hydrogen-bond donors (Lipinski definition) is 1. The second kappa shape index (κ2) is 3.32. The number of nitrogens with zero attached hydrogens (tertiary/aromatic N) is 1. The summed E-state index contributed by atoms with van der Waals surface area (Å²) in [4.78, 5) is 1.98. The summed E-state index contributed by atoms with van der Waals surface area (Å²) in [6.07, 6.45) is -0.544. The van der Waals surface area contributed by atoms with Crippen molar-refractivity contribution in [3.05, 3.63) is 0 Å². The van der Waals surface area contributed by atoms with Crippen LogP contribution < -0.4 is 5.32 Å². The van der Waals surface area contributed by atoms with Crippen molar-refractivity contribution in [2.24, 2.45) is 0 Å². The molecule has 0 spiro atoms. The van der Waals surface area contributed by atoms with Gasteiger partial charge in [-0.25, -0.2) is 5.11 Å². The second-order valence-corrected chi connectivity index (χ2v) is 2.89. The molecule has 3 nitrogen and oxygen atoms in total. The zero-order chi connectivity index (χ0) is 7.56. The third-order valence-corrected chi connectivity index (χ3v) is 2.02. The predicted molar refractivity (Wildman–Crippen MR) is 39.2 cm³/mol. The minimum atomic E-state index is -0.544. The van der Waals surface area contributed by atoms with Crippen molar-refractivity contribution < 1.29 is 5.11 Å². The Morgan fingerprint density at radius 1 is 1.70 bits per heavy atom. The monoisotopic (exact) mass is 143 g/mol. The summed E-state index contributed by atoms with van der Waals surface area (Å²) in [5.74, 6) is 0. The summed E-state index contributed by atoms with van der Waals surface area (Å²) in [7, 11) is 0. The van der Waals surface area contributed by atoms with Gasteiger partial charge in [-0.15, -0.1) is 0 Å². The van der Waals surface area contributed by atoms with E-state index in [1.165, 1.54) is 0 Å². The number of rotatable bonds is 1. The Morgan fingerprint density at radius 3 is 2.80 bits per heavy atom. The number of hydrogen-bond acceptors (Lipinski definition) is 2. The van der Waals surface area contributed by atoms with Crippen LogP contribution in [0.15, 0.2) is 0 Å². The van der Waals surface area contributed by atoms with Crippen molar-refractivity contribution >= 4 is 0 Å². The van der Waals surface area contributed by atoms with Crippen LogP contribution in [0.5, 0.6) is 0 Å². The molecule has 1 heterocycles. The zero-order valence-electron chi connectivity index (χ0n) is 6.63. The van der Waals surface area contributed by atoms with Crippen LogP contribution in [-0.2, 0) is 5.11 Å². The van der Waals surface area contributed by atoms with Gasteiger partial charge >= 0.3 is 0 Å². The van der Waals surface area contributed by atoms with Crippen molar-refractivity contribution in [1.82, 2.24) is 10.2 Å². The van der Waals surface area contributed by atoms with E-state index in [1.54, 1.807) is 6.92 Å². The van der Waals surface area contributed by atoms with E-state index in [0.29, 0.717) is 6.04 Å². The maximum Gasteiger partial charge on any atom is 0.143 e. The molecule has 3 heteroatoms. The maximum absolute atomic E-state index is 11.0. The van der Waals surface area contributed by atoms with Gasteiger partial charge in [0.2, 0.25) is 0 Å². The van der Waals surface area contributed by atoms with Gasteiger partial charge in [0.15, 0.2) is 0 Å². The van der Waals surface area contributed by atoms with Crippen LogP contribution in [0.3, 0.4) is 0 Å². The molecule has 1 aliphatic heterocycles. The molecule has 59 valence electrons. The molecule has 0 saturated carbocycles. The van der Waals surface area contributed by atoms with Gasteiger partial charge in [0, 0.05) is 25.7 Å². The van der Waals surface area contributed by atoms with Crippen molar-refractivity contribution in [2.75, 3.05) is 19.6 Å². The number of nitrogens with one attached hydrogen (secondary N) is 1. The Hall–Kier alpha value is -0.120. The molecule has 1 rings (SSSR count). The molecule has 2 unspecified atom stereocenters. The highest BCUT2D eigenvalue weighted by Crippen LogP contribution is 2.05. The lowest BCUT2D eigenvalue weighted by Crippen LogP contribution is -2.52. The largest absolute Gasteiger partial charge is 0.314 e. The Kier molecular flexibility index (Phi) is 2.65. The standard InChI is InChI=1S/C7H15N2O/c1-6-5-8-3-4-9(6)7(2)10/h6-8H,3-5H2,1-2H3. The summed E-state index contributed by atoms with van der Waals surface area (Å²) in [5, 5.41) is 14.2. The molecule has 0 amide bonds. The van der Waals surface area contributed by atoms with Crippen LogP contribution in [0.2, 0.25) is 0 Å². The highest BCUT2D eigenvalue weighted by atomic mass is 16.3. The molecule has 1 N–H and O–H groups in total. The van der Waals surface area contributed by atoms with Crippen LogP contribution in [0.4, 0.5) is 0 Å². The lowest BCUT2D eigenvalue weighted by molar-refractivity contribution is -0.0614. The Bertz CT molecular complexity index is 106. The van der Waals surface area contributed by atoms with Gasteiger partial charge in [-0.3, -0.25) is 4.90 Å². The summed E-state index contributed by atoms with van der Waals surface area (Å²) < 4.78 is 0. The van der Waals surface area contributed by atoms with E-state index < -0.39 is 6.23 Å². The van der Waals surface area contributed by atoms with E-state index in [2.05, 4.69) is 12.2 Å². The first-order chi connectivity index (χ1) is 4.72. The summed E-state index contributed by atoms with van der Waals surface area (Å²) >= 11 is 0. The first-order valence-electron chi connectivity index (χ1n) is 3.84. The van der Waals surface area contributed by atoms with E-state index in [9.17, 15) is 5.11 Å². The van der Waals surface area contributed by atoms with Gasteiger partial charge in [0.05, 0.1) is 0 Å². The molecule has 1 aliphatic rings. The minimum Gasteiger partial charge on any atom is -0.314 e. The van der Waals surface area contributed by atoms with Gasteiger partial charge in [0.25, 0.3) is 0 Å². The Balaban J connectivity index is 2.40. The zero-order valence-corrected chi connectivity index (χ0v) is 6.63. The topological polar surface area (TPSA) is 35.2 Å². The van der Waals surface area contributed by atoms with Crippen molar-refractivity contribution in [2.45, 2.75) is 26.1 Å². The van der Waals surface area contributed by atoms with Gasteiger partial charge in [-0.05, 0) is 13.8 Å². The molecular formula is C7H15N2O. The van der Waals surface area contributed by atoms with Gasteiger partial charge in [0.1, 0.15) is 6.23 Å². The van der Waals surface area contributed by atoms with Gasteiger partial charge in [-0.2, -0.15) is 0 Å². The molecular weight excluding hydrogens is 128 g/mol. The molecule has 1 fully saturated rings. The highest BCUT2D eigenvalue weighted by Gasteiger charge is 2.21. The third-order valence-electron chi connectivity index (χ3n) is 2.02. The molecule has 0 aromatic rings. The second-order valence-electron chi connectivity index (χ2n) is 2.89. The molecule has 1 saturated heterocycles. The normalized spacial score (nSPS) is 32.1. The summed E-state index contributed by atoms with van der Waals surface area (Å²) in [6, 6.07) is 0.404. The van der Waals surface area contributed by atoms with Gasteiger partial charge < -0.3 is 5.32 Å². The van der Waals surface area contributed by atoms with Crippen LogP contribution in [0.1, 0.15) is 13.8 Å².